The first-order valence-electron chi connectivity index (χ1n) is 5.64. The molecule has 2 aromatic carbocycles. The van der Waals surface area contributed by atoms with Gasteiger partial charge in [0.25, 0.3) is 0 Å². The molecule has 0 unspecified atom stereocenters. The molecule has 0 bridgehead atoms. The van der Waals surface area contributed by atoms with Crippen molar-refractivity contribution in [2.24, 2.45) is 0 Å². The SMILES string of the molecule is O=C(/C=C/Nc1ccccc1I)c1ccc(Br)cc1. The van der Waals surface area contributed by atoms with Crippen LogP contribution in [0.3, 0.4) is 0 Å². The summed E-state index contributed by atoms with van der Waals surface area (Å²) in [6.07, 6.45) is 3.20. The fraction of sp³-hybridized carbons (Fsp3) is 0. The minimum atomic E-state index is -0.0223. The minimum absolute atomic E-state index is 0.0223. The summed E-state index contributed by atoms with van der Waals surface area (Å²) in [5.41, 5.74) is 1.66. The van der Waals surface area contributed by atoms with Crippen molar-refractivity contribution in [1.29, 1.82) is 0 Å². The summed E-state index contributed by atoms with van der Waals surface area (Å²) < 4.78 is 2.07. The molecule has 0 fully saturated rings. The summed E-state index contributed by atoms with van der Waals surface area (Å²) in [5, 5.41) is 3.11. The molecule has 0 aliphatic rings. The van der Waals surface area contributed by atoms with Crippen LogP contribution in [0.1, 0.15) is 10.4 Å². The Morgan fingerprint density at radius 3 is 2.47 bits per heavy atom. The molecule has 0 aliphatic carbocycles. The molecule has 0 saturated heterocycles. The number of hydrogen-bond donors (Lipinski definition) is 1. The molecule has 19 heavy (non-hydrogen) atoms. The van der Waals surface area contributed by atoms with E-state index in [1.54, 1.807) is 18.3 Å². The van der Waals surface area contributed by atoms with Gasteiger partial charge in [-0.2, -0.15) is 0 Å². The zero-order valence-corrected chi connectivity index (χ0v) is 13.7. The molecule has 0 atom stereocenters. The van der Waals surface area contributed by atoms with Crippen molar-refractivity contribution in [3.63, 3.8) is 0 Å². The van der Waals surface area contributed by atoms with Crippen LogP contribution in [0, 0.1) is 3.57 Å². The van der Waals surface area contributed by atoms with Gasteiger partial charge in [0.15, 0.2) is 5.78 Å². The standard InChI is InChI=1S/C15H11BrINO/c16-12-7-5-11(6-8-12)15(19)9-10-18-14-4-2-1-3-13(14)17/h1-10,18H/b10-9+. The van der Waals surface area contributed by atoms with Crippen LogP contribution in [-0.2, 0) is 0 Å². The summed E-state index contributed by atoms with van der Waals surface area (Å²) in [6.45, 7) is 0. The second-order valence-electron chi connectivity index (χ2n) is 3.83. The van der Waals surface area contributed by atoms with E-state index >= 15 is 0 Å². The van der Waals surface area contributed by atoms with Crippen molar-refractivity contribution in [2.45, 2.75) is 0 Å². The smallest absolute Gasteiger partial charge is 0.187 e. The molecule has 0 saturated carbocycles. The van der Waals surface area contributed by atoms with Gasteiger partial charge in [-0.3, -0.25) is 4.79 Å². The normalized spacial score (nSPS) is 10.6. The van der Waals surface area contributed by atoms with Crippen molar-refractivity contribution >= 4 is 50.0 Å². The molecule has 0 amide bonds. The summed E-state index contributed by atoms with van der Waals surface area (Å²) in [7, 11) is 0. The van der Waals surface area contributed by atoms with E-state index in [1.165, 1.54) is 6.08 Å². The largest absolute Gasteiger partial charge is 0.361 e. The highest BCUT2D eigenvalue weighted by Crippen LogP contribution is 2.17. The molecule has 0 spiro atoms. The lowest BCUT2D eigenvalue weighted by Gasteiger charge is -2.02. The molecule has 2 nitrogen and oxygen atoms in total. The maximum absolute atomic E-state index is 11.9. The minimum Gasteiger partial charge on any atom is -0.361 e. The fourth-order valence-electron chi connectivity index (χ4n) is 1.50. The number of hydrogen-bond acceptors (Lipinski definition) is 2. The predicted molar refractivity (Wildman–Crippen MR) is 90.4 cm³/mol. The first kappa shape index (κ1) is 14.3. The van der Waals surface area contributed by atoms with Crippen LogP contribution in [-0.4, -0.2) is 5.78 Å². The number of allylic oxidation sites excluding steroid dienone is 1. The molecule has 2 aromatic rings. The van der Waals surface area contributed by atoms with E-state index in [1.807, 2.05) is 36.4 Å². The Hall–Kier alpha value is -1.14. The molecule has 1 N–H and O–H groups in total. The van der Waals surface area contributed by atoms with Crippen LogP contribution in [0.4, 0.5) is 5.69 Å². The number of ketones is 1. The first-order chi connectivity index (χ1) is 9.16. The van der Waals surface area contributed by atoms with Crippen molar-refractivity contribution in [1.82, 2.24) is 0 Å². The molecule has 96 valence electrons. The number of carbonyl (C=O) groups is 1. The van der Waals surface area contributed by atoms with E-state index in [-0.39, 0.29) is 5.78 Å². The molecular weight excluding hydrogens is 417 g/mol. The van der Waals surface area contributed by atoms with Crippen LogP contribution in [0.25, 0.3) is 0 Å². The zero-order valence-electron chi connectivity index (χ0n) is 9.94. The van der Waals surface area contributed by atoms with Crippen LogP contribution in [0.2, 0.25) is 0 Å². The second-order valence-corrected chi connectivity index (χ2v) is 5.91. The lowest BCUT2D eigenvalue weighted by Crippen LogP contribution is -1.96. The monoisotopic (exact) mass is 427 g/mol. The van der Waals surface area contributed by atoms with Gasteiger partial charge in [0.1, 0.15) is 0 Å². The molecular formula is C15H11BrINO. The summed E-state index contributed by atoms with van der Waals surface area (Å²) in [5.74, 6) is -0.0223. The number of nitrogens with one attached hydrogen (secondary N) is 1. The molecule has 0 heterocycles. The highest BCUT2D eigenvalue weighted by molar-refractivity contribution is 14.1. The third-order valence-electron chi connectivity index (χ3n) is 2.48. The Morgan fingerprint density at radius 2 is 1.79 bits per heavy atom. The molecule has 2 rings (SSSR count). The van der Waals surface area contributed by atoms with Gasteiger partial charge in [0, 0.05) is 25.9 Å². The van der Waals surface area contributed by atoms with Crippen molar-refractivity contribution < 1.29 is 4.79 Å². The maximum Gasteiger partial charge on any atom is 0.187 e. The van der Waals surface area contributed by atoms with Crippen molar-refractivity contribution in [3.8, 4) is 0 Å². The maximum atomic E-state index is 11.9. The lowest BCUT2D eigenvalue weighted by molar-refractivity contribution is 0.104. The average Bonchev–Trinajstić information content (AvgIpc) is 2.41. The fourth-order valence-corrected chi connectivity index (χ4v) is 2.30. The van der Waals surface area contributed by atoms with Crippen LogP contribution >= 0.6 is 38.5 Å². The lowest BCUT2D eigenvalue weighted by atomic mass is 10.1. The van der Waals surface area contributed by atoms with Gasteiger partial charge in [-0.1, -0.05) is 28.1 Å². The summed E-state index contributed by atoms with van der Waals surface area (Å²) >= 11 is 5.59. The van der Waals surface area contributed by atoms with E-state index in [0.29, 0.717) is 5.56 Å². The Morgan fingerprint density at radius 1 is 1.11 bits per heavy atom. The van der Waals surface area contributed by atoms with Crippen LogP contribution < -0.4 is 5.32 Å². The number of carbonyl (C=O) groups excluding carboxylic acids is 1. The summed E-state index contributed by atoms with van der Waals surface area (Å²) in [6, 6.07) is 15.2. The Kier molecular flexibility index (Phi) is 5.15. The molecule has 0 radical (unpaired) electrons. The molecule has 4 heteroatoms. The van der Waals surface area contributed by atoms with E-state index in [4.69, 9.17) is 0 Å². The van der Waals surface area contributed by atoms with Gasteiger partial charge in [-0.05, 0) is 59.0 Å². The quantitative estimate of drug-likeness (QED) is 0.428. The van der Waals surface area contributed by atoms with Crippen LogP contribution in [0.15, 0.2) is 65.3 Å². The summed E-state index contributed by atoms with van der Waals surface area (Å²) in [4.78, 5) is 11.9. The number of benzene rings is 2. The van der Waals surface area contributed by atoms with Gasteiger partial charge in [-0.25, -0.2) is 0 Å². The van der Waals surface area contributed by atoms with E-state index in [0.717, 1.165) is 13.7 Å². The molecule has 0 aromatic heterocycles. The average molecular weight is 428 g/mol. The Balaban J connectivity index is 2.01. The third kappa shape index (κ3) is 4.18. The highest BCUT2D eigenvalue weighted by Gasteiger charge is 2.01. The molecule has 0 aliphatic heterocycles. The number of halogens is 2. The predicted octanol–water partition coefficient (Wildman–Crippen LogP) is 4.86. The van der Waals surface area contributed by atoms with Crippen molar-refractivity contribution in [2.75, 3.05) is 5.32 Å². The van der Waals surface area contributed by atoms with Gasteiger partial charge >= 0.3 is 0 Å². The van der Waals surface area contributed by atoms with Gasteiger partial charge in [-0.15, -0.1) is 0 Å². The van der Waals surface area contributed by atoms with Gasteiger partial charge < -0.3 is 5.32 Å². The van der Waals surface area contributed by atoms with Gasteiger partial charge in [0.2, 0.25) is 0 Å². The van der Waals surface area contributed by atoms with E-state index in [9.17, 15) is 4.79 Å². The first-order valence-corrected chi connectivity index (χ1v) is 7.51. The Labute approximate surface area is 134 Å². The highest BCUT2D eigenvalue weighted by atomic mass is 127. The van der Waals surface area contributed by atoms with Gasteiger partial charge in [0.05, 0.1) is 5.69 Å². The Bertz CT molecular complexity index is 608. The number of para-hydroxylation sites is 1. The van der Waals surface area contributed by atoms with Crippen molar-refractivity contribution in [3.05, 3.63) is 74.4 Å². The zero-order chi connectivity index (χ0) is 13.7. The second kappa shape index (κ2) is 6.86. The van der Waals surface area contributed by atoms with E-state index in [2.05, 4.69) is 43.8 Å². The number of rotatable bonds is 4. The van der Waals surface area contributed by atoms with E-state index < -0.39 is 0 Å². The number of anilines is 1. The third-order valence-corrected chi connectivity index (χ3v) is 3.95. The topological polar surface area (TPSA) is 29.1 Å². The van der Waals surface area contributed by atoms with Crippen LogP contribution in [0.5, 0.6) is 0 Å².